The van der Waals surface area contributed by atoms with Crippen LogP contribution < -0.4 is 5.73 Å². The fraction of sp³-hybridized carbons (Fsp3) is 0.860. The van der Waals surface area contributed by atoms with Gasteiger partial charge in [0.25, 0.3) is 0 Å². The second-order valence-corrected chi connectivity index (χ2v) is 16.0. The van der Waals surface area contributed by atoms with E-state index < -0.39 is 32.5 Å². The Labute approximate surface area is 325 Å². The highest BCUT2D eigenvalue weighted by atomic mass is 31.2. The molecule has 0 rings (SSSR count). The topological polar surface area (TPSA) is 134 Å². The van der Waals surface area contributed by atoms with Gasteiger partial charge in [0.1, 0.15) is 6.61 Å². The predicted molar refractivity (Wildman–Crippen MR) is 220 cm³/mol. The molecule has 0 aromatic rings. The van der Waals surface area contributed by atoms with Gasteiger partial charge in [0.15, 0.2) is 6.10 Å². The average Bonchev–Trinajstić information content (AvgIpc) is 3.14. The lowest BCUT2D eigenvalue weighted by Crippen LogP contribution is -2.29. The second kappa shape index (κ2) is 40.2. The predicted octanol–water partition coefficient (Wildman–Crippen LogP) is 12.4. The number of phosphoric ester groups is 1. The number of ether oxygens (including phenoxy) is 2. The van der Waals surface area contributed by atoms with E-state index in [4.69, 9.17) is 24.3 Å². The minimum absolute atomic E-state index is 0.0500. The first-order valence-electron chi connectivity index (χ1n) is 21.8. The summed E-state index contributed by atoms with van der Waals surface area (Å²) < 4.78 is 32.7. The molecular formula is C43H82NO8P. The van der Waals surface area contributed by atoms with Crippen LogP contribution in [0, 0.1) is 0 Å². The summed E-state index contributed by atoms with van der Waals surface area (Å²) in [5.41, 5.74) is 5.34. The molecule has 0 aliphatic rings. The number of carbonyl (C=O) groups excluding carboxylic acids is 2. The third-order valence-corrected chi connectivity index (χ3v) is 10.3. The SMILES string of the molecule is CCCCCCCC/C=C/CCCCCCCCCC(=O)O[C@H](COC(=O)CC/C=C/CCCCCCCCCCCCC)COP(=O)(O)OCCN. The molecule has 0 saturated carbocycles. The minimum atomic E-state index is -4.38. The lowest BCUT2D eigenvalue weighted by Gasteiger charge is -2.19. The summed E-state index contributed by atoms with van der Waals surface area (Å²) in [4.78, 5) is 34.8. The molecule has 312 valence electrons. The van der Waals surface area contributed by atoms with Crippen molar-refractivity contribution in [2.24, 2.45) is 5.73 Å². The summed E-state index contributed by atoms with van der Waals surface area (Å²) in [6.07, 6.45) is 42.2. The van der Waals surface area contributed by atoms with E-state index in [1.165, 1.54) is 128 Å². The van der Waals surface area contributed by atoms with Crippen LogP contribution in [0.15, 0.2) is 24.3 Å². The highest BCUT2D eigenvalue weighted by Gasteiger charge is 2.25. The van der Waals surface area contributed by atoms with Crippen LogP contribution in [0.5, 0.6) is 0 Å². The Bertz CT molecular complexity index is 928. The normalized spacial score (nSPS) is 13.5. The van der Waals surface area contributed by atoms with Crippen molar-refractivity contribution >= 4 is 19.8 Å². The molecule has 0 aliphatic heterocycles. The fourth-order valence-electron chi connectivity index (χ4n) is 6.06. The summed E-state index contributed by atoms with van der Waals surface area (Å²) >= 11 is 0. The molecule has 3 N–H and O–H groups in total. The van der Waals surface area contributed by atoms with E-state index >= 15 is 0 Å². The van der Waals surface area contributed by atoms with E-state index in [1.807, 2.05) is 6.08 Å². The van der Waals surface area contributed by atoms with Crippen molar-refractivity contribution < 1.29 is 37.6 Å². The van der Waals surface area contributed by atoms with Gasteiger partial charge in [-0.3, -0.25) is 18.6 Å². The van der Waals surface area contributed by atoms with Gasteiger partial charge >= 0.3 is 19.8 Å². The Morgan fingerprint density at radius 2 is 0.962 bits per heavy atom. The molecule has 0 spiro atoms. The van der Waals surface area contributed by atoms with Crippen LogP contribution in [0.2, 0.25) is 0 Å². The number of esters is 2. The Balaban J connectivity index is 4.18. The smallest absolute Gasteiger partial charge is 0.462 e. The molecule has 0 saturated heterocycles. The van der Waals surface area contributed by atoms with Gasteiger partial charge < -0.3 is 20.1 Å². The lowest BCUT2D eigenvalue weighted by molar-refractivity contribution is -0.161. The molecule has 0 bridgehead atoms. The molecule has 0 aliphatic carbocycles. The maximum Gasteiger partial charge on any atom is 0.472 e. The third kappa shape index (κ3) is 40.0. The van der Waals surface area contributed by atoms with E-state index in [9.17, 15) is 19.0 Å². The largest absolute Gasteiger partial charge is 0.472 e. The van der Waals surface area contributed by atoms with Crippen LogP contribution in [-0.2, 0) is 32.7 Å². The number of allylic oxidation sites excluding steroid dienone is 4. The van der Waals surface area contributed by atoms with Crippen LogP contribution in [0.25, 0.3) is 0 Å². The monoisotopic (exact) mass is 772 g/mol. The van der Waals surface area contributed by atoms with Crippen molar-refractivity contribution in [1.29, 1.82) is 0 Å². The van der Waals surface area contributed by atoms with Crippen molar-refractivity contribution in [2.75, 3.05) is 26.4 Å². The zero-order chi connectivity index (χ0) is 38.9. The number of rotatable bonds is 41. The van der Waals surface area contributed by atoms with E-state index in [2.05, 4.69) is 32.1 Å². The molecule has 0 radical (unpaired) electrons. The molecule has 10 heteroatoms. The number of carbonyl (C=O) groups is 2. The third-order valence-electron chi connectivity index (χ3n) is 9.32. The van der Waals surface area contributed by atoms with Gasteiger partial charge in [-0.1, -0.05) is 167 Å². The molecule has 0 heterocycles. The van der Waals surface area contributed by atoms with Crippen molar-refractivity contribution in [1.82, 2.24) is 0 Å². The minimum Gasteiger partial charge on any atom is -0.462 e. The molecule has 0 amide bonds. The summed E-state index contributed by atoms with van der Waals surface area (Å²) in [6, 6.07) is 0. The Kier molecular flexibility index (Phi) is 39.0. The molecule has 1 unspecified atom stereocenters. The Morgan fingerprint density at radius 3 is 1.42 bits per heavy atom. The molecule has 53 heavy (non-hydrogen) atoms. The first-order chi connectivity index (χ1) is 25.8. The van der Waals surface area contributed by atoms with E-state index in [0.717, 1.165) is 38.5 Å². The number of nitrogens with two attached hydrogens (primary N) is 1. The number of unbranched alkanes of at least 4 members (excludes halogenated alkanes) is 24. The molecule has 0 fully saturated rings. The average molecular weight is 772 g/mol. The van der Waals surface area contributed by atoms with Gasteiger partial charge in [0, 0.05) is 19.4 Å². The van der Waals surface area contributed by atoms with Gasteiger partial charge in [0.05, 0.1) is 13.2 Å². The van der Waals surface area contributed by atoms with Gasteiger partial charge in [0.2, 0.25) is 0 Å². The van der Waals surface area contributed by atoms with Gasteiger partial charge in [-0.15, -0.1) is 0 Å². The number of hydrogen-bond donors (Lipinski definition) is 2. The second-order valence-electron chi connectivity index (χ2n) is 14.6. The lowest BCUT2D eigenvalue weighted by atomic mass is 10.1. The molecule has 2 atom stereocenters. The standard InChI is InChI=1S/C43H82NO8P/c1-3-5-7-9-11-13-15-17-19-20-22-24-26-28-30-32-34-36-43(46)52-41(40-51-53(47,48)50-38-37-44)39-49-42(45)35-33-31-29-27-25-23-21-18-16-14-12-10-8-6-4-2/h17,19,29,31,41H,3-16,18,20-28,30,32-40,44H2,1-2H3,(H,47,48)/b19-17+,31-29+/t41-/m1/s1. The van der Waals surface area contributed by atoms with Crippen molar-refractivity contribution in [3.05, 3.63) is 24.3 Å². The van der Waals surface area contributed by atoms with E-state index in [1.54, 1.807) is 0 Å². The van der Waals surface area contributed by atoms with Crippen LogP contribution in [-0.4, -0.2) is 49.3 Å². The molecular weight excluding hydrogens is 689 g/mol. The van der Waals surface area contributed by atoms with E-state index in [0.29, 0.717) is 12.8 Å². The van der Waals surface area contributed by atoms with Crippen molar-refractivity contribution in [3.8, 4) is 0 Å². The highest BCUT2D eigenvalue weighted by molar-refractivity contribution is 7.47. The summed E-state index contributed by atoms with van der Waals surface area (Å²) in [5.74, 6) is -0.885. The maximum absolute atomic E-state index is 12.6. The summed E-state index contributed by atoms with van der Waals surface area (Å²) in [7, 11) is -4.38. The first-order valence-corrected chi connectivity index (χ1v) is 23.3. The Hall–Kier alpha value is -1.51. The van der Waals surface area contributed by atoms with Gasteiger partial charge in [-0.05, 0) is 51.4 Å². The first kappa shape index (κ1) is 51.5. The summed E-state index contributed by atoms with van der Waals surface area (Å²) in [5, 5.41) is 0. The maximum atomic E-state index is 12.6. The zero-order valence-electron chi connectivity index (χ0n) is 34.3. The number of phosphoric acid groups is 1. The molecule has 9 nitrogen and oxygen atoms in total. The van der Waals surface area contributed by atoms with Gasteiger partial charge in [-0.25, -0.2) is 4.57 Å². The van der Waals surface area contributed by atoms with Crippen molar-refractivity contribution in [3.63, 3.8) is 0 Å². The van der Waals surface area contributed by atoms with Gasteiger partial charge in [-0.2, -0.15) is 0 Å². The highest BCUT2D eigenvalue weighted by Crippen LogP contribution is 2.43. The zero-order valence-corrected chi connectivity index (χ0v) is 35.2. The number of hydrogen-bond acceptors (Lipinski definition) is 8. The van der Waals surface area contributed by atoms with Crippen LogP contribution in [0.4, 0.5) is 0 Å². The van der Waals surface area contributed by atoms with Crippen LogP contribution in [0.1, 0.15) is 206 Å². The van der Waals surface area contributed by atoms with E-state index in [-0.39, 0.29) is 32.6 Å². The van der Waals surface area contributed by atoms with Crippen molar-refractivity contribution in [2.45, 2.75) is 213 Å². The Morgan fingerprint density at radius 1 is 0.547 bits per heavy atom. The molecule has 0 aromatic carbocycles. The van der Waals surface area contributed by atoms with Crippen LogP contribution in [0.3, 0.4) is 0 Å². The summed E-state index contributed by atoms with van der Waals surface area (Å²) in [6.45, 7) is 3.70. The van der Waals surface area contributed by atoms with Crippen LogP contribution >= 0.6 is 7.82 Å². The quantitative estimate of drug-likeness (QED) is 0.0269. The molecule has 0 aromatic heterocycles. The fourth-order valence-corrected chi connectivity index (χ4v) is 6.82.